The number of nitrogens with two attached hydrogens (primary N) is 1. The number of ether oxygens (including phenoxy) is 1. The van der Waals surface area contributed by atoms with Gasteiger partial charge < -0.3 is 15.8 Å². The van der Waals surface area contributed by atoms with Gasteiger partial charge in [0, 0.05) is 24.1 Å². The number of carbonyl (C=O) groups excluding carboxylic acids is 1. The van der Waals surface area contributed by atoms with E-state index in [0.29, 0.717) is 19.4 Å². The highest BCUT2D eigenvalue weighted by molar-refractivity contribution is 5.81. The molecule has 1 aliphatic heterocycles. The minimum atomic E-state index is -0.558. The molecule has 1 amide bonds. The summed E-state index contributed by atoms with van der Waals surface area (Å²) in [5, 5.41) is 2.81. The number of hydrogen-bond acceptors (Lipinski definition) is 3. The number of carbonyl (C=O) groups is 1. The summed E-state index contributed by atoms with van der Waals surface area (Å²) in [7, 11) is 0. The molecule has 3 rings (SSSR count). The topological polar surface area (TPSA) is 64.4 Å². The minimum Gasteiger partial charge on any atom is -0.364 e. The summed E-state index contributed by atoms with van der Waals surface area (Å²) in [5.74, 6) is -1.62. The van der Waals surface area contributed by atoms with Crippen LogP contribution in [0.4, 0.5) is 8.78 Å². The summed E-state index contributed by atoms with van der Waals surface area (Å²) in [4.78, 5) is 12.0. The summed E-state index contributed by atoms with van der Waals surface area (Å²) >= 11 is 0. The van der Waals surface area contributed by atoms with E-state index in [0.717, 1.165) is 6.42 Å². The van der Waals surface area contributed by atoms with Crippen molar-refractivity contribution in [1.29, 1.82) is 0 Å². The van der Waals surface area contributed by atoms with Gasteiger partial charge in [-0.1, -0.05) is 6.07 Å². The third-order valence-electron chi connectivity index (χ3n) is 4.15. The van der Waals surface area contributed by atoms with E-state index in [1.807, 2.05) is 0 Å². The van der Waals surface area contributed by atoms with E-state index in [1.165, 1.54) is 18.2 Å². The largest absolute Gasteiger partial charge is 0.364 e. The second kappa shape index (κ2) is 5.69. The van der Waals surface area contributed by atoms with Crippen molar-refractivity contribution in [1.82, 2.24) is 5.32 Å². The highest BCUT2D eigenvalue weighted by Gasteiger charge is 2.44. The fourth-order valence-corrected chi connectivity index (χ4v) is 2.89. The van der Waals surface area contributed by atoms with Crippen LogP contribution in [0, 0.1) is 11.6 Å². The molecule has 2 fully saturated rings. The van der Waals surface area contributed by atoms with Crippen LogP contribution in [-0.2, 0) is 9.53 Å². The first kappa shape index (κ1) is 14.4. The minimum absolute atomic E-state index is 0.0648. The third kappa shape index (κ3) is 2.91. The number of nitrogens with one attached hydrogen (secondary N) is 1. The molecule has 21 heavy (non-hydrogen) atoms. The van der Waals surface area contributed by atoms with E-state index < -0.39 is 17.7 Å². The van der Waals surface area contributed by atoms with Gasteiger partial charge in [-0.25, -0.2) is 8.78 Å². The van der Waals surface area contributed by atoms with Crippen molar-refractivity contribution in [2.45, 2.75) is 43.4 Å². The molecule has 4 nitrogen and oxygen atoms in total. The maximum absolute atomic E-state index is 13.7. The van der Waals surface area contributed by atoms with Crippen LogP contribution in [0.15, 0.2) is 18.2 Å². The Labute approximate surface area is 121 Å². The molecule has 0 radical (unpaired) electrons. The summed E-state index contributed by atoms with van der Waals surface area (Å²) < 4.78 is 32.8. The normalized spacial score (nSPS) is 31.2. The van der Waals surface area contributed by atoms with Gasteiger partial charge in [-0.2, -0.15) is 0 Å². The zero-order chi connectivity index (χ0) is 15.0. The first-order chi connectivity index (χ1) is 10.1. The highest BCUT2D eigenvalue weighted by Crippen LogP contribution is 2.43. The first-order valence-corrected chi connectivity index (χ1v) is 7.20. The Morgan fingerprint density at radius 1 is 1.33 bits per heavy atom. The van der Waals surface area contributed by atoms with Crippen molar-refractivity contribution >= 4 is 5.91 Å². The molecule has 2 aliphatic rings. The summed E-state index contributed by atoms with van der Waals surface area (Å²) in [6.07, 6.45) is 1.39. The monoisotopic (exact) mass is 296 g/mol. The van der Waals surface area contributed by atoms with Gasteiger partial charge in [-0.3, -0.25) is 4.79 Å². The number of benzene rings is 1. The smallest absolute Gasteiger partial charge is 0.249 e. The lowest BCUT2D eigenvalue weighted by molar-refractivity contribution is -0.132. The van der Waals surface area contributed by atoms with Crippen molar-refractivity contribution in [2.75, 3.05) is 6.54 Å². The van der Waals surface area contributed by atoms with E-state index in [2.05, 4.69) is 5.32 Å². The van der Waals surface area contributed by atoms with Gasteiger partial charge in [0.15, 0.2) is 0 Å². The zero-order valence-corrected chi connectivity index (χ0v) is 11.5. The zero-order valence-electron chi connectivity index (χ0n) is 11.5. The predicted octanol–water partition coefficient (Wildman–Crippen LogP) is 1.44. The lowest BCUT2D eigenvalue weighted by Crippen LogP contribution is -2.37. The average molecular weight is 296 g/mol. The SMILES string of the molecule is NC[C@H]1CC[C@@H](C(=O)N[C@H]2C[C@@H]2c2c(F)cccc2F)O1. The molecule has 4 atom stereocenters. The van der Waals surface area contributed by atoms with Gasteiger partial charge in [0.1, 0.15) is 17.7 Å². The van der Waals surface area contributed by atoms with Crippen LogP contribution < -0.4 is 11.1 Å². The molecule has 0 bridgehead atoms. The van der Waals surface area contributed by atoms with Crippen LogP contribution in [-0.4, -0.2) is 30.7 Å². The molecule has 1 heterocycles. The fourth-order valence-electron chi connectivity index (χ4n) is 2.89. The molecular formula is C15H18F2N2O2. The maximum Gasteiger partial charge on any atom is 0.249 e. The molecule has 1 aromatic rings. The standard InChI is InChI=1S/C15H18F2N2O2/c16-10-2-1-3-11(17)14(10)9-6-12(9)19-15(20)13-5-4-8(7-18)21-13/h1-3,8-9,12-13H,4-7,18H2,(H,19,20)/t8-,9+,12+,13+/m1/s1. The van der Waals surface area contributed by atoms with Crippen molar-refractivity contribution in [2.24, 2.45) is 5.73 Å². The Morgan fingerprint density at radius 3 is 2.67 bits per heavy atom. The molecular weight excluding hydrogens is 278 g/mol. The van der Waals surface area contributed by atoms with E-state index in [9.17, 15) is 13.6 Å². The molecule has 0 unspecified atom stereocenters. The first-order valence-electron chi connectivity index (χ1n) is 7.20. The molecule has 1 saturated heterocycles. The molecule has 114 valence electrons. The Kier molecular flexibility index (Phi) is 3.91. The van der Waals surface area contributed by atoms with Crippen LogP contribution in [0.25, 0.3) is 0 Å². The molecule has 1 aliphatic carbocycles. The molecule has 3 N–H and O–H groups in total. The molecule has 6 heteroatoms. The lowest BCUT2D eigenvalue weighted by atomic mass is 10.1. The molecule has 1 aromatic carbocycles. The van der Waals surface area contributed by atoms with E-state index in [1.54, 1.807) is 0 Å². The summed E-state index contributed by atoms with van der Waals surface area (Å²) in [6, 6.07) is 3.59. The highest BCUT2D eigenvalue weighted by atomic mass is 19.1. The van der Waals surface area contributed by atoms with E-state index >= 15 is 0 Å². The maximum atomic E-state index is 13.7. The summed E-state index contributed by atoms with van der Waals surface area (Å²) in [5.41, 5.74) is 5.57. The quantitative estimate of drug-likeness (QED) is 0.884. The summed E-state index contributed by atoms with van der Waals surface area (Å²) in [6.45, 7) is 0.399. The van der Waals surface area contributed by atoms with Crippen molar-refractivity contribution in [3.8, 4) is 0 Å². The lowest BCUT2D eigenvalue weighted by Gasteiger charge is -2.13. The Bertz CT molecular complexity index is 532. The Hall–Kier alpha value is -1.53. The van der Waals surface area contributed by atoms with E-state index in [-0.39, 0.29) is 29.5 Å². The third-order valence-corrected chi connectivity index (χ3v) is 4.15. The van der Waals surface area contributed by atoms with E-state index in [4.69, 9.17) is 10.5 Å². The molecule has 0 spiro atoms. The van der Waals surface area contributed by atoms with Crippen molar-refractivity contribution < 1.29 is 18.3 Å². The number of halogens is 2. The Balaban J connectivity index is 1.58. The van der Waals surface area contributed by atoms with Crippen LogP contribution in [0.2, 0.25) is 0 Å². The van der Waals surface area contributed by atoms with Crippen LogP contribution >= 0.6 is 0 Å². The van der Waals surface area contributed by atoms with Crippen molar-refractivity contribution in [3.63, 3.8) is 0 Å². The van der Waals surface area contributed by atoms with Gasteiger partial charge in [-0.15, -0.1) is 0 Å². The van der Waals surface area contributed by atoms with Gasteiger partial charge in [0.25, 0.3) is 0 Å². The average Bonchev–Trinajstić information content (AvgIpc) is 3.03. The van der Waals surface area contributed by atoms with Crippen LogP contribution in [0.5, 0.6) is 0 Å². The van der Waals surface area contributed by atoms with Crippen LogP contribution in [0.1, 0.15) is 30.7 Å². The molecule has 0 aromatic heterocycles. The van der Waals surface area contributed by atoms with Crippen LogP contribution in [0.3, 0.4) is 0 Å². The number of rotatable bonds is 4. The fraction of sp³-hybridized carbons (Fsp3) is 0.533. The number of amides is 1. The number of hydrogen-bond donors (Lipinski definition) is 2. The second-order valence-corrected chi connectivity index (χ2v) is 5.65. The van der Waals surface area contributed by atoms with Crippen molar-refractivity contribution in [3.05, 3.63) is 35.4 Å². The van der Waals surface area contributed by atoms with Gasteiger partial charge in [-0.05, 0) is 31.4 Å². The van der Waals surface area contributed by atoms with Gasteiger partial charge >= 0.3 is 0 Å². The second-order valence-electron chi connectivity index (χ2n) is 5.65. The van der Waals surface area contributed by atoms with Gasteiger partial charge in [0.05, 0.1) is 6.10 Å². The predicted molar refractivity (Wildman–Crippen MR) is 72.6 cm³/mol. The Morgan fingerprint density at radius 2 is 2.05 bits per heavy atom. The van der Waals surface area contributed by atoms with Gasteiger partial charge in [0.2, 0.25) is 5.91 Å². The molecule has 1 saturated carbocycles.